The van der Waals surface area contributed by atoms with E-state index in [0.717, 1.165) is 11.1 Å². The number of nitrogens with one attached hydrogen (secondary N) is 2. The highest BCUT2D eigenvalue weighted by Crippen LogP contribution is 2.32. The van der Waals surface area contributed by atoms with Crippen LogP contribution in [0.15, 0.2) is 60.7 Å². The molecule has 2 aromatic rings. The first-order chi connectivity index (χ1) is 28.7. The zero-order chi connectivity index (χ0) is 43.7. The summed E-state index contributed by atoms with van der Waals surface area (Å²) in [6.45, 7) is 0.0471. The molecular formula is C39H60N2O19. The van der Waals surface area contributed by atoms with E-state index >= 15 is 0 Å². The maximum absolute atomic E-state index is 11.4. The lowest BCUT2D eigenvalue weighted by molar-refractivity contribution is -0.349. The molecule has 0 spiro atoms. The summed E-state index contributed by atoms with van der Waals surface area (Å²) in [5.41, 5.74) is 1.98. The minimum atomic E-state index is -1.66. The number of hydrogen-bond donors (Lipinski definition) is 15. The first-order valence-corrected chi connectivity index (χ1v) is 19.8. The van der Waals surface area contributed by atoms with Crippen molar-refractivity contribution in [1.82, 2.24) is 10.6 Å². The summed E-state index contributed by atoms with van der Waals surface area (Å²) in [5, 5.41) is 136. The van der Waals surface area contributed by atoms with E-state index in [-0.39, 0.29) is 0 Å². The predicted molar refractivity (Wildman–Crippen MR) is 203 cm³/mol. The van der Waals surface area contributed by atoms with Crippen LogP contribution >= 0.6 is 0 Å². The monoisotopic (exact) mass is 860 g/mol. The summed E-state index contributed by atoms with van der Waals surface area (Å²) in [5.74, 6) is -0.729. The van der Waals surface area contributed by atoms with E-state index in [9.17, 15) is 61.3 Å². The minimum absolute atomic E-state index is 0.409. The zero-order valence-electron chi connectivity index (χ0n) is 32.8. The first kappa shape index (κ1) is 48.6. The average Bonchev–Trinajstić information content (AvgIpc) is 3.26. The molecule has 0 aromatic heterocycles. The number of ether oxygens (including phenoxy) is 6. The number of hydrogen-bond acceptors (Lipinski definition) is 21. The van der Waals surface area contributed by atoms with Gasteiger partial charge < -0.3 is 100 Å². The van der Waals surface area contributed by atoms with Crippen molar-refractivity contribution < 1.29 is 94.8 Å². The molecule has 21 heteroatoms. The Balaban J connectivity index is 0.000000255. The zero-order valence-corrected chi connectivity index (χ0v) is 32.8. The molecule has 2 aromatic carbocycles. The minimum Gasteiger partial charge on any atom is -0.394 e. The fourth-order valence-electron chi connectivity index (χ4n) is 7.37. The molecule has 0 radical (unpaired) electrons. The van der Waals surface area contributed by atoms with E-state index < -0.39 is 149 Å². The highest BCUT2D eigenvalue weighted by molar-refractivity contribution is 5.16. The van der Waals surface area contributed by atoms with E-state index in [2.05, 4.69) is 10.6 Å². The molecule has 4 fully saturated rings. The maximum atomic E-state index is 11.4. The second kappa shape index (κ2) is 22.8. The number of benzene rings is 2. The highest BCUT2D eigenvalue weighted by Gasteiger charge is 2.52. The molecule has 4 heterocycles. The summed E-state index contributed by atoms with van der Waals surface area (Å²) in [6, 6.07) is 18.5. The fraction of sp³-hybridized carbons (Fsp3) is 0.692. The van der Waals surface area contributed by atoms with Crippen molar-refractivity contribution in [2.24, 2.45) is 5.92 Å². The molecule has 0 amide bonds. The SMILES string of the molecule is C[C@@H]1C(O)OC(CO)[C@@H](O[C@@H]2OC(CO)[C@H](O)C(O)[C@@H]2O)C1O.OCC1O[C@@H](O[C@@H]2C(CO)O[C@@H](NCc3ccccc3)[C@@H](NCc3ccccc3)C2O)[C@@H](O)C(O)[C@H]1O. The van der Waals surface area contributed by atoms with Crippen molar-refractivity contribution in [2.45, 2.75) is 137 Å². The molecule has 0 bridgehead atoms. The molecule has 0 aliphatic carbocycles. The molecule has 340 valence electrons. The van der Waals surface area contributed by atoms with E-state index in [0.29, 0.717) is 13.1 Å². The van der Waals surface area contributed by atoms with Crippen LogP contribution in [0.1, 0.15) is 18.1 Å². The van der Waals surface area contributed by atoms with Crippen LogP contribution in [-0.2, 0) is 41.5 Å². The van der Waals surface area contributed by atoms with Gasteiger partial charge in [0.05, 0.1) is 38.6 Å². The lowest BCUT2D eigenvalue weighted by atomic mass is 9.92. The Hall–Kier alpha value is -2.40. The van der Waals surface area contributed by atoms with Gasteiger partial charge in [-0.05, 0) is 11.1 Å². The Bertz CT molecular complexity index is 1520. The third-order valence-electron chi connectivity index (χ3n) is 11.1. The fourth-order valence-corrected chi connectivity index (χ4v) is 7.37. The molecule has 0 saturated carbocycles. The van der Waals surface area contributed by atoms with Crippen molar-refractivity contribution in [2.75, 3.05) is 26.4 Å². The van der Waals surface area contributed by atoms with Crippen LogP contribution in [0, 0.1) is 5.92 Å². The summed E-state index contributed by atoms with van der Waals surface area (Å²) >= 11 is 0. The molecule has 20 atom stereocenters. The van der Waals surface area contributed by atoms with Crippen LogP contribution in [0.3, 0.4) is 0 Å². The predicted octanol–water partition coefficient (Wildman–Crippen LogP) is -5.92. The van der Waals surface area contributed by atoms with Gasteiger partial charge in [0, 0.05) is 19.0 Å². The van der Waals surface area contributed by atoms with E-state index in [1.54, 1.807) is 0 Å². The van der Waals surface area contributed by atoms with Crippen LogP contribution in [0.25, 0.3) is 0 Å². The average molecular weight is 861 g/mol. The third kappa shape index (κ3) is 11.6. The molecule has 4 aliphatic rings. The Morgan fingerprint density at radius 2 is 0.883 bits per heavy atom. The van der Waals surface area contributed by atoms with Crippen LogP contribution in [0.2, 0.25) is 0 Å². The van der Waals surface area contributed by atoms with E-state index in [1.807, 2.05) is 60.7 Å². The van der Waals surface area contributed by atoms with Gasteiger partial charge in [-0.15, -0.1) is 0 Å². The van der Waals surface area contributed by atoms with Crippen molar-refractivity contribution in [3.05, 3.63) is 71.8 Å². The van der Waals surface area contributed by atoms with Crippen LogP contribution in [0.5, 0.6) is 0 Å². The quantitative estimate of drug-likeness (QED) is 0.0841. The summed E-state index contributed by atoms with van der Waals surface area (Å²) in [7, 11) is 0. The Kier molecular flexibility index (Phi) is 18.5. The molecule has 15 N–H and O–H groups in total. The van der Waals surface area contributed by atoms with Gasteiger partial charge in [-0.25, -0.2) is 0 Å². The molecule has 21 nitrogen and oxygen atoms in total. The second-order valence-electron chi connectivity index (χ2n) is 15.2. The van der Waals surface area contributed by atoms with Crippen molar-refractivity contribution in [3.8, 4) is 0 Å². The van der Waals surface area contributed by atoms with E-state index in [4.69, 9.17) is 33.5 Å². The number of aliphatic hydroxyl groups excluding tert-OH is 13. The number of rotatable bonds is 14. The Morgan fingerprint density at radius 3 is 1.33 bits per heavy atom. The van der Waals surface area contributed by atoms with Crippen LogP contribution in [-0.4, -0.2) is 209 Å². The third-order valence-corrected chi connectivity index (χ3v) is 11.1. The van der Waals surface area contributed by atoms with Crippen LogP contribution in [0.4, 0.5) is 0 Å². The lowest BCUT2D eigenvalue weighted by Gasteiger charge is -2.47. The largest absolute Gasteiger partial charge is 0.394 e. The molecule has 9 unspecified atom stereocenters. The molecule has 6 rings (SSSR count). The van der Waals surface area contributed by atoms with Gasteiger partial charge in [0.2, 0.25) is 0 Å². The van der Waals surface area contributed by atoms with Gasteiger partial charge in [-0.1, -0.05) is 67.6 Å². The van der Waals surface area contributed by atoms with Crippen molar-refractivity contribution in [1.29, 1.82) is 0 Å². The maximum Gasteiger partial charge on any atom is 0.187 e. The van der Waals surface area contributed by atoms with Gasteiger partial charge >= 0.3 is 0 Å². The van der Waals surface area contributed by atoms with E-state index in [1.165, 1.54) is 6.92 Å². The molecular weight excluding hydrogens is 800 g/mol. The molecule has 4 saturated heterocycles. The summed E-state index contributed by atoms with van der Waals surface area (Å²) in [4.78, 5) is 0. The normalized spacial score (nSPS) is 42.2. The lowest BCUT2D eigenvalue weighted by Crippen LogP contribution is -2.69. The first-order valence-electron chi connectivity index (χ1n) is 19.8. The molecule has 60 heavy (non-hydrogen) atoms. The topological polar surface area (TPSA) is 342 Å². The molecule has 4 aliphatic heterocycles. The van der Waals surface area contributed by atoms with Gasteiger partial charge in [0.1, 0.15) is 85.6 Å². The number of aliphatic hydroxyl groups is 13. The van der Waals surface area contributed by atoms with Gasteiger partial charge in [-0.2, -0.15) is 0 Å². The van der Waals surface area contributed by atoms with Crippen molar-refractivity contribution in [3.63, 3.8) is 0 Å². The van der Waals surface area contributed by atoms with Crippen LogP contribution < -0.4 is 10.6 Å². The van der Waals surface area contributed by atoms with Gasteiger partial charge in [0.25, 0.3) is 0 Å². The summed E-state index contributed by atoms with van der Waals surface area (Å²) < 4.78 is 33.2. The second-order valence-corrected chi connectivity index (χ2v) is 15.2. The highest BCUT2D eigenvalue weighted by atomic mass is 16.7. The van der Waals surface area contributed by atoms with Gasteiger partial charge in [-0.3, -0.25) is 5.32 Å². The van der Waals surface area contributed by atoms with Crippen molar-refractivity contribution >= 4 is 0 Å². The standard InChI is InChI=1S/C26H36N2O9.C13H24O10/c29-13-17-20(31)22(33)23(34)26(36-17)37-24-18(14-30)35-25(28-12-16-9-5-2-6-10-16)19(21(24)32)27-11-15-7-3-1-4-8-15;1-4-7(16)11(6(3-15)21-12(4)20)23-13-10(19)9(18)8(17)5(2-14)22-13/h1-10,17-34H,11-14H2;4-20H,2-3H2,1H3/t17?,18?,19-,20-,21?,22?,23-,24+,25+,26-;4-,5?,6?,7?,8-,9?,10-,11+,12?,13-/m00/s1. The Labute approximate surface area is 345 Å². The smallest absolute Gasteiger partial charge is 0.187 e. The van der Waals surface area contributed by atoms with Gasteiger partial charge in [0.15, 0.2) is 18.9 Å². The Morgan fingerprint density at radius 1 is 0.467 bits per heavy atom. The summed E-state index contributed by atoms with van der Waals surface area (Å²) in [6.07, 6.45) is -23.8.